The van der Waals surface area contributed by atoms with Gasteiger partial charge in [-0.3, -0.25) is 9.80 Å². The molecule has 1 aromatic rings. The van der Waals surface area contributed by atoms with Crippen LogP contribution >= 0.6 is 0 Å². The molecule has 3 nitrogen and oxygen atoms in total. The molecular formula is C17H26N2O. The van der Waals surface area contributed by atoms with Crippen molar-refractivity contribution in [1.29, 1.82) is 0 Å². The second-order valence-corrected chi connectivity index (χ2v) is 6.40. The van der Waals surface area contributed by atoms with Gasteiger partial charge in [0.1, 0.15) is 0 Å². The van der Waals surface area contributed by atoms with E-state index in [4.69, 9.17) is 0 Å². The van der Waals surface area contributed by atoms with Gasteiger partial charge in [-0.1, -0.05) is 29.8 Å². The molecule has 2 atom stereocenters. The highest BCUT2D eigenvalue weighted by Gasteiger charge is 2.33. The van der Waals surface area contributed by atoms with E-state index >= 15 is 0 Å². The summed E-state index contributed by atoms with van der Waals surface area (Å²) in [5, 5.41) is 10.6. The number of piperazine rings is 1. The quantitative estimate of drug-likeness (QED) is 0.912. The van der Waals surface area contributed by atoms with Gasteiger partial charge in [0.2, 0.25) is 0 Å². The van der Waals surface area contributed by atoms with Gasteiger partial charge < -0.3 is 5.11 Å². The Morgan fingerprint density at radius 3 is 2.20 bits per heavy atom. The maximum absolute atomic E-state index is 10.6. The van der Waals surface area contributed by atoms with Crippen molar-refractivity contribution in [1.82, 2.24) is 9.80 Å². The Kier molecular flexibility index (Phi) is 4.11. The molecule has 0 radical (unpaired) electrons. The van der Waals surface area contributed by atoms with Gasteiger partial charge in [0, 0.05) is 38.3 Å². The van der Waals surface area contributed by atoms with E-state index in [9.17, 15) is 5.11 Å². The molecule has 0 amide bonds. The monoisotopic (exact) mass is 274 g/mol. The Morgan fingerprint density at radius 2 is 1.65 bits per heavy atom. The van der Waals surface area contributed by atoms with E-state index in [-0.39, 0.29) is 12.1 Å². The molecule has 3 rings (SSSR count). The lowest BCUT2D eigenvalue weighted by molar-refractivity contribution is 0.0244. The Bertz CT molecular complexity index is 433. The number of rotatable bonds is 4. The minimum atomic E-state index is -0.386. The largest absolute Gasteiger partial charge is 0.387 e. The molecule has 110 valence electrons. The first-order chi connectivity index (χ1) is 9.65. The Labute approximate surface area is 122 Å². The van der Waals surface area contributed by atoms with Gasteiger partial charge in [-0.2, -0.15) is 0 Å². The summed E-state index contributed by atoms with van der Waals surface area (Å²) in [6.07, 6.45) is 2.39. The molecule has 1 aromatic carbocycles. The van der Waals surface area contributed by atoms with Crippen LogP contribution in [0, 0.1) is 6.92 Å². The molecule has 1 heterocycles. The summed E-state index contributed by atoms with van der Waals surface area (Å²) in [6.45, 7) is 8.72. The minimum Gasteiger partial charge on any atom is -0.387 e. The highest BCUT2D eigenvalue weighted by Crippen LogP contribution is 2.29. The van der Waals surface area contributed by atoms with E-state index < -0.39 is 0 Å². The van der Waals surface area contributed by atoms with Crippen molar-refractivity contribution in [3.8, 4) is 0 Å². The number of aryl methyl sites for hydroxylation is 1. The zero-order chi connectivity index (χ0) is 14.1. The van der Waals surface area contributed by atoms with Crippen molar-refractivity contribution in [2.45, 2.75) is 44.9 Å². The lowest BCUT2D eigenvalue weighted by Gasteiger charge is -2.39. The number of hydrogen-bond acceptors (Lipinski definition) is 3. The fraction of sp³-hybridized carbons (Fsp3) is 0.647. The van der Waals surface area contributed by atoms with E-state index in [0.717, 1.165) is 37.8 Å². The molecule has 1 aliphatic carbocycles. The normalized spacial score (nSPS) is 24.6. The van der Waals surface area contributed by atoms with Crippen molar-refractivity contribution < 1.29 is 5.11 Å². The molecule has 1 saturated heterocycles. The minimum absolute atomic E-state index is 0.194. The van der Waals surface area contributed by atoms with Crippen molar-refractivity contribution in [2.24, 2.45) is 0 Å². The first-order valence-electron chi connectivity index (χ1n) is 7.88. The molecular weight excluding hydrogens is 248 g/mol. The van der Waals surface area contributed by atoms with Crippen LogP contribution in [0.4, 0.5) is 0 Å². The van der Waals surface area contributed by atoms with Gasteiger partial charge in [-0.15, -0.1) is 0 Å². The topological polar surface area (TPSA) is 26.7 Å². The van der Waals surface area contributed by atoms with Gasteiger partial charge in [0.15, 0.2) is 0 Å². The molecule has 0 spiro atoms. The second-order valence-electron chi connectivity index (χ2n) is 6.40. The number of aliphatic hydroxyl groups excluding tert-OH is 1. The number of hydrogen-bond donors (Lipinski definition) is 1. The molecule has 0 bridgehead atoms. The van der Waals surface area contributed by atoms with Crippen LogP contribution in [0.2, 0.25) is 0 Å². The molecule has 1 aliphatic heterocycles. The standard InChI is InChI=1S/C17H26N2O/c1-13-3-5-15(6-4-13)17(20)14(2)18-9-11-19(12-10-18)16-7-8-16/h3-6,14,16-17,20H,7-12H2,1-2H3. The molecule has 1 N–H and O–H groups in total. The van der Waals surface area contributed by atoms with Gasteiger partial charge in [-0.25, -0.2) is 0 Å². The molecule has 20 heavy (non-hydrogen) atoms. The van der Waals surface area contributed by atoms with Crippen LogP contribution in [0.1, 0.15) is 37.0 Å². The number of nitrogens with zero attached hydrogens (tertiary/aromatic N) is 2. The van der Waals surface area contributed by atoms with Crippen LogP contribution in [-0.4, -0.2) is 53.2 Å². The predicted molar refractivity (Wildman–Crippen MR) is 81.8 cm³/mol. The zero-order valence-corrected chi connectivity index (χ0v) is 12.6. The number of aliphatic hydroxyl groups is 1. The van der Waals surface area contributed by atoms with E-state index in [0.29, 0.717) is 0 Å². The van der Waals surface area contributed by atoms with E-state index in [2.05, 4.69) is 47.9 Å². The van der Waals surface area contributed by atoms with Crippen molar-refractivity contribution in [2.75, 3.05) is 26.2 Å². The maximum atomic E-state index is 10.6. The van der Waals surface area contributed by atoms with E-state index in [1.165, 1.54) is 18.4 Å². The van der Waals surface area contributed by atoms with Gasteiger partial charge in [-0.05, 0) is 32.3 Å². The van der Waals surface area contributed by atoms with Crippen LogP contribution in [0.15, 0.2) is 24.3 Å². The fourth-order valence-electron chi connectivity index (χ4n) is 3.19. The Balaban J connectivity index is 1.57. The Morgan fingerprint density at radius 1 is 1.05 bits per heavy atom. The fourth-order valence-corrected chi connectivity index (χ4v) is 3.19. The summed E-state index contributed by atoms with van der Waals surface area (Å²) < 4.78 is 0. The first kappa shape index (κ1) is 14.1. The van der Waals surface area contributed by atoms with Gasteiger partial charge in [0.05, 0.1) is 6.10 Å². The average Bonchev–Trinajstić information content (AvgIpc) is 3.31. The summed E-state index contributed by atoms with van der Waals surface area (Å²) in [6, 6.07) is 9.33. The molecule has 2 aliphatic rings. The summed E-state index contributed by atoms with van der Waals surface area (Å²) in [4.78, 5) is 5.05. The van der Waals surface area contributed by atoms with Crippen LogP contribution in [0.3, 0.4) is 0 Å². The third-order valence-corrected chi connectivity index (χ3v) is 4.86. The summed E-state index contributed by atoms with van der Waals surface area (Å²) in [7, 11) is 0. The molecule has 2 fully saturated rings. The van der Waals surface area contributed by atoms with Crippen molar-refractivity contribution >= 4 is 0 Å². The maximum Gasteiger partial charge on any atom is 0.0942 e. The SMILES string of the molecule is Cc1ccc(C(O)C(C)N2CCN(C3CC3)CC2)cc1. The molecule has 1 saturated carbocycles. The lowest BCUT2D eigenvalue weighted by Crippen LogP contribution is -2.51. The molecule has 3 heteroatoms. The van der Waals surface area contributed by atoms with Crippen LogP contribution in [-0.2, 0) is 0 Å². The third-order valence-electron chi connectivity index (χ3n) is 4.86. The zero-order valence-electron chi connectivity index (χ0n) is 12.6. The van der Waals surface area contributed by atoms with Crippen LogP contribution in [0.25, 0.3) is 0 Å². The van der Waals surface area contributed by atoms with Crippen molar-refractivity contribution in [3.05, 3.63) is 35.4 Å². The summed E-state index contributed by atoms with van der Waals surface area (Å²) >= 11 is 0. The number of benzene rings is 1. The first-order valence-corrected chi connectivity index (χ1v) is 7.88. The van der Waals surface area contributed by atoms with Crippen molar-refractivity contribution in [3.63, 3.8) is 0 Å². The van der Waals surface area contributed by atoms with E-state index in [1.54, 1.807) is 0 Å². The highest BCUT2D eigenvalue weighted by atomic mass is 16.3. The Hall–Kier alpha value is -0.900. The summed E-state index contributed by atoms with van der Waals surface area (Å²) in [5.74, 6) is 0. The van der Waals surface area contributed by atoms with Crippen LogP contribution in [0.5, 0.6) is 0 Å². The predicted octanol–water partition coefficient (Wildman–Crippen LogP) is 2.20. The molecule has 0 aromatic heterocycles. The molecule has 2 unspecified atom stereocenters. The second kappa shape index (κ2) is 5.84. The third kappa shape index (κ3) is 3.05. The highest BCUT2D eigenvalue weighted by molar-refractivity contribution is 5.24. The lowest BCUT2D eigenvalue weighted by atomic mass is 10.0. The summed E-state index contributed by atoms with van der Waals surface area (Å²) in [5.41, 5.74) is 2.28. The van der Waals surface area contributed by atoms with E-state index in [1.807, 2.05) is 0 Å². The van der Waals surface area contributed by atoms with Gasteiger partial charge in [0.25, 0.3) is 0 Å². The van der Waals surface area contributed by atoms with Crippen LogP contribution < -0.4 is 0 Å². The van der Waals surface area contributed by atoms with Gasteiger partial charge >= 0.3 is 0 Å². The average molecular weight is 274 g/mol. The smallest absolute Gasteiger partial charge is 0.0942 e.